The summed E-state index contributed by atoms with van der Waals surface area (Å²) < 4.78 is 0. The van der Waals surface area contributed by atoms with Crippen LogP contribution in [0.3, 0.4) is 0 Å². The molecule has 0 radical (unpaired) electrons. The van der Waals surface area contributed by atoms with Crippen LogP contribution in [-0.2, 0) is 9.63 Å². The minimum atomic E-state index is -0.519. The maximum Gasteiger partial charge on any atom is 0.265 e. The van der Waals surface area contributed by atoms with Crippen LogP contribution < -0.4 is 11.1 Å². The van der Waals surface area contributed by atoms with Gasteiger partial charge in [-0.25, -0.2) is 0 Å². The number of nitrogens with zero attached hydrogens (tertiary/aromatic N) is 1. The number of primary amides is 1. The Labute approximate surface area is 161 Å². The van der Waals surface area contributed by atoms with Gasteiger partial charge in [-0.05, 0) is 35.4 Å². The number of benzene rings is 3. The van der Waals surface area contributed by atoms with E-state index in [1.54, 1.807) is 24.3 Å². The molecule has 6 heteroatoms. The van der Waals surface area contributed by atoms with Gasteiger partial charge in [-0.15, -0.1) is 0 Å². The molecule has 0 heterocycles. The number of oxime groups is 1. The maximum atomic E-state index is 12.1. The second kappa shape index (κ2) is 7.36. The van der Waals surface area contributed by atoms with Gasteiger partial charge in [0.05, 0.1) is 0 Å². The second-order valence-corrected chi connectivity index (χ2v) is 6.29. The molecule has 0 saturated carbocycles. The van der Waals surface area contributed by atoms with E-state index in [0.29, 0.717) is 17.0 Å². The van der Waals surface area contributed by atoms with Crippen molar-refractivity contribution < 1.29 is 14.4 Å². The summed E-state index contributed by atoms with van der Waals surface area (Å²) in [7, 11) is 0. The first kappa shape index (κ1) is 17.5. The zero-order valence-corrected chi connectivity index (χ0v) is 14.9. The minimum absolute atomic E-state index is 0.231. The highest BCUT2D eigenvalue weighted by molar-refractivity contribution is 6.24. The summed E-state index contributed by atoms with van der Waals surface area (Å²) >= 11 is 0. The number of carbonyl (C=O) groups excluding carboxylic acids is 2. The van der Waals surface area contributed by atoms with Gasteiger partial charge in [-0.2, -0.15) is 0 Å². The molecular weight excluding hydrogens is 354 g/mol. The van der Waals surface area contributed by atoms with Crippen LogP contribution in [0.5, 0.6) is 0 Å². The van der Waals surface area contributed by atoms with Gasteiger partial charge in [0.25, 0.3) is 5.91 Å². The Kier molecular flexibility index (Phi) is 4.60. The van der Waals surface area contributed by atoms with Gasteiger partial charge in [0.2, 0.25) is 5.91 Å². The van der Waals surface area contributed by atoms with E-state index >= 15 is 0 Å². The lowest BCUT2D eigenvalue weighted by molar-refractivity contribution is -0.120. The van der Waals surface area contributed by atoms with Crippen LogP contribution in [-0.4, -0.2) is 24.1 Å². The highest BCUT2D eigenvalue weighted by Crippen LogP contribution is 2.36. The Morgan fingerprint density at radius 2 is 1.36 bits per heavy atom. The standard InChI is InChI=1S/C22H17N3O3/c23-22(27)14-9-11-15(12-10-14)24-20(26)13-28-25-21-18-7-3-1-5-16(18)17-6-2-4-8-19(17)21/h1-12H,13H2,(H2,23,27)(H,24,26). The molecule has 4 rings (SSSR count). The zero-order valence-electron chi connectivity index (χ0n) is 14.9. The van der Waals surface area contributed by atoms with Crippen molar-refractivity contribution in [2.45, 2.75) is 0 Å². The van der Waals surface area contributed by atoms with Crippen LogP contribution >= 0.6 is 0 Å². The number of nitrogens with two attached hydrogens (primary N) is 1. The van der Waals surface area contributed by atoms with Gasteiger partial charge < -0.3 is 15.9 Å². The zero-order chi connectivity index (χ0) is 19.5. The molecule has 0 spiro atoms. The SMILES string of the molecule is NC(=O)c1ccc(NC(=O)CON=C2c3ccccc3-c3ccccc32)cc1. The Morgan fingerprint density at radius 1 is 0.821 bits per heavy atom. The van der Waals surface area contributed by atoms with E-state index in [2.05, 4.69) is 10.5 Å². The van der Waals surface area contributed by atoms with Gasteiger partial charge in [-0.3, -0.25) is 9.59 Å². The summed E-state index contributed by atoms with van der Waals surface area (Å²) in [5, 5.41) is 6.91. The van der Waals surface area contributed by atoms with E-state index in [4.69, 9.17) is 10.6 Å². The van der Waals surface area contributed by atoms with E-state index < -0.39 is 5.91 Å². The molecule has 0 aromatic heterocycles. The maximum absolute atomic E-state index is 12.1. The number of fused-ring (bicyclic) bond motifs is 3. The van der Waals surface area contributed by atoms with Crippen LogP contribution in [0.2, 0.25) is 0 Å². The lowest BCUT2D eigenvalue weighted by Gasteiger charge is -2.06. The number of rotatable bonds is 5. The van der Waals surface area contributed by atoms with Crippen molar-refractivity contribution in [3.05, 3.63) is 89.5 Å². The molecule has 138 valence electrons. The molecule has 0 aliphatic heterocycles. The molecule has 3 aromatic carbocycles. The fourth-order valence-corrected chi connectivity index (χ4v) is 3.16. The first-order valence-corrected chi connectivity index (χ1v) is 8.72. The van der Waals surface area contributed by atoms with Crippen molar-refractivity contribution in [2.75, 3.05) is 11.9 Å². The molecule has 1 aliphatic rings. The van der Waals surface area contributed by atoms with Gasteiger partial charge in [0.1, 0.15) is 5.71 Å². The summed E-state index contributed by atoms with van der Waals surface area (Å²) in [6.07, 6.45) is 0. The van der Waals surface area contributed by atoms with Crippen molar-refractivity contribution in [1.29, 1.82) is 0 Å². The quantitative estimate of drug-likeness (QED) is 0.528. The topological polar surface area (TPSA) is 93.8 Å². The minimum Gasteiger partial charge on any atom is -0.385 e. The number of hydrogen-bond donors (Lipinski definition) is 2. The van der Waals surface area contributed by atoms with E-state index in [9.17, 15) is 9.59 Å². The highest BCUT2D eigenvalue weighted by Gasteiger charge is 2.24. The third-order valence-corrected chi connectivity index (χ3v) is 4.46. The van der Waals surface area contributed by atoms with Crippen molar-refractivity contribution in [1.82, 2.24) is 0 Å². The molecule has 0 fully saturated rings. The molecule has 0 saturated heterocycles. The van der Waals surface area contributed by atoms with E-state index in [0.717, 1.165) is 22.3 Å². The largest absolute Gasteiger partial charge is 0.385 e. The van der Waals surface area contributed by atoms with Crippen LogP contribution in [0.15, 0.2) is 78.0 Å². The highest BCUT2D eigenvalue weighted by atomic mass is 16.6. The van der Waals surface area contributed by atoms with Gasteiger partial charge >= 0.3 is 0 Å². The number of hydrogen-bond acceptors (Lipinski definition) is 4. The van der Waals surface area contributed by atoms with Crippen molar-refractivity contribution in [3.8, 4) is 11.1 Å². The molecule has 0 atom stereocenters. The third-order valence-electron chi connectivity index (χ3n) is 4.46. The molecule has 0 unspecified atom stereocenters. The van der Waals surface area contributed by atoms with Crippen LogP contribution in [0, 0.1) is 0 Å². The Morgan fingerprint density at radius 3 is 1.89 bits per heavy atom. The first-order chi connectivity index (χ1) is 13.6. The van der Waals surface area contributed by atoms with Gasteiger partial charge in [0.15, 0.2) is 6.61 Å². The monoisotopic (exact) mass is 371 g/mol. The fraction of sp³-hybridized carbons (Fsp3) is 0.0455. The average molecular weight is 371 g/mol. The molecule has 0 bridgehead atoms. The average Bonchev–Trinajstić information content (AvgIpc) is 3.03. The number of nitrogens with one attached hydrogen (secondary N) is 1. The predicted octanol–water partition coefficient (Wildman–Crippen LogP) is 3.17. The Balaban J connectivity index is 1.45. The van der Waals surface area contributed by atoms with Gasteiger partial charge in [0, 0.05) is 22.4 Å². The first-order valence-electron chi connectivity index (χ1n) is 8.72. The van der Waals surface area contributed by atoms with E-state index in [-0.39, 0.29) is 12.5 Å². The van der Waals surface area contributed by atoms with Crippen LogP contribution in [0.1, 0.15) is 21.5 Å². The Bertz CT molecular complexity index is 1040. The number of anilines is 1. The number of amides is 2. The molecule has 3 N–H and O–H groups in total. The summed E-state index contributed by atoms with van der Waals surface area (Å²) in [5.74, 6) is -0.870. The van der Waals surface area contributed by atoms with E-state index in [1.807, 2.05) is 48.5 Å². The van der Waals surface area contributed by atoms with Crippen molar-refractivity contribution in [2.24, 2.45) is 10.9 Å². The van der Waals surface area contributed by atoms with Crippen molar-refractivity contribution >= 4 is 23.2 Å². The second-order valence-electron chi connectivity index (χ2n) is 6.29. The third kappa shape index (κ3) is 3.35. The summed E-state index contributed by atoms with van der Waals surface area (Å²) in [5.41, 5.74) is 11.0. The molecule has 28 heavy (non-hydrogen) atoms. The molecule has 6 nitrogen and oxygen atoms in total. The predicted molar refractivity (Wildman–Crippen MR) is 107 cm³/mol. The summed E-state index contributed by atoms with van der Waals surface area (Å²) in [4.78, 5) is 28.5. The van der Waals surface area contributed by atoms with Gasteiger partial charge in [-0.1, -0.05) is 53.7 Å². The normalized spacial score (nSPS) is 11.4. The van der Waals surface area contributed by atoms with Crippen molar-refractivity contribution in [3.63, 3.8) is 0 Å². The van der Waals surface area contributed by atoms with E-state index in [1.165, 1.54) is 0 Å². The molecule has 2 amide bonds. The van der Waals surface area contributed by atoms with Crippen LogP contribution in [0.25, 0.3) is 11.1 Å². The van der Waals surface area contributed by atoms with Crippen LogP contribution in [0.4, 0.5) is 5.69 Å². The lowest BCUT2D eigenvalue weighted by atomic mass is 10.1. The molecule has 3 aromatic rings. The lowest BCUT2D eigenvalue weighted by Crippen LogP contribution is -2.18. The fourth-order valence-electron chi connectivity index (χ4n) is 3.16. The smallest absolute Gasteiger partial charge is 0.265 e. The number of carbonyl (C=O) groups is 2. The molecule has 1 aliphatic carbocycles. The molecular formula is C22H17N3O3. The summed E-state index contributed by atoms with van der Waals surface area (Å²) in [6.45, 7) is -0.231. The Hall–Kier alpha value is -3.93. The summed E-state index contributed by atoms with van der Waals surface area (Å²) in [6, 6.07) is 22.2.